The number of esters is 1. The summed E-state index contributed by atoms with van der Waals surface area (Å²) in [5.41, 5.74) is -0.214. The van der Waals surface area contributed by atoms with Crippen LogP contribution in [0.5, 0.6) is 5.88 Å². The number of thiazole rings is 1. The number of ether oxygens (including phenoxy) is 1. The number of non-ortho nitro benzene ring substituents is 2. The quantitative estimate of drug-likeness (QED) is 0.256. The number of nitrogens with zero attached hydrogens (tertiary/aromatic N) is 3. The highest BCUT2D eigenvalue weighted by molar-refractivity contribution is 7.73. The SMILES string of the molecule is O=C(Oc1csc(=S)n1C(=O)c1ccc([N+](=O)[O-])cc1)c1ccc([N+](=O)[O-])cc1. The van der Waals surface area contributed by atoms with Crippen LogP contribution in [0.2, 0.25) is 0 Å². The van der Waals surface area contributed by atoms with Crippen LogP contribution in [-0.4, -0.2) is 26.3 Å². The Morgan fingerprint density at radius 3 is 1.86 bits per heavy atom. The molecule has 12 heteroatoms. The predicted molar refractivity (Wildman–Crippen MR) is 104 cm³/mol. The fraction of sp³-hybridized carbons (Fsp3) is 0. The molecule has 0 amide bonds. The van der Waals surface area contributed by atoms with Gasteiger partial charge in [-0.1, -0.05) is 0 Å². The van der Waals surface area contributed by atoms with Crippen LogP contribution >= 0.6 is 23.6 Å². The molecule has 0 saturated heterocycles. The van der Waals surface area contributed by atoms with Crippen LogP contribution in [-0.2, 0) is 0 Å². The lowest BCUT2D eigenvalue weighted by atomic mass is 10.2. The molecule has 0 aliphatic rings. The molecule has 146 valence electrons. The van der Waals surface area contributed by atoms with Gasteiger partial charge in [-0.15, -0.1) is 11.3 Å². The van der Waals surface area contributed by atoms with Crippen molar-refractivity contribution in [1.29, 1.82) is 0 Å². The fourth-order valence-corrected chi connectivity index (χ4v) is 3.23. The van der Waals surface area contributed by atoms with Crippen LogP contribution in [0.1, 0.15) is 20.7 Å². The summed E-state index contributed by atoms with van der Waals surface area (Å²) >= 11 is 6.11. The molecular weight excluding hydrogens is 422 g/mol. The second-order valence-corrected chi connectivity index (χ2v) is 6.98. The maximum absolute atomic E-state index is 12.7. The van der Waals surface area contributed by atoms with Crippen LogP contribution in [0.3, 0.4) is 0 Å². The van der Waals surface area contributed by atoms with Crippen molar-refractivity contribution in [2.75, 3.05) is 0 Å². The first-order valence-electron chi connectivity index (χ1n) is 7.74. The Balaban J connectivity index is 1.86. The Kier molecular flexibility index (Phi) is 5.57. The van der Waals surface area contributed by atoms with Crippen molar-refractivity contribution < 1.29 is 24.2 Å². The first kappa shape index (κ1) is 20.0. The molecule has 1 heterocycles. The van der Waals surface area contributed by atoms with Gasteiger partial charge in [0.1, 0.15) is 0 Å². The van der Waals surface area contributed by atoms with Gasteiger partial charge >= 0.3 is 5.97 Å². The zero-order chi connectivity index (χ0) is 21.1. The van der Waals surface area contributed by atoms with Gasteiger partial charge in [0.15, 0.2) is 3.95 Å². The topological polar surface area (TPSA) is 135 Å². The normalized spacial score (nSPS) is 10.3. The average molecular weight is 431 g/mol. The molecule has 0 saturated carbocycles. The average Bonchev–Trinajstić information content (AvgIpc) is 3.07. The van der Waals surface area contributed by atoms with Gasteiger partial charge in [0.2, 0.25) is 5.88 Å². The highest BCUT2D eigenvalue weighted by Gasteiger charge is 2.20. The molecule has 0 atom stereocenters. The van der Waals surface area contributed by atoms with E-state index in [2.05, 4.69) is 0 Å². The van der Waals surface area contributed by atoms with Crippen LogP contribution in [0, 0.1) is 24.2 Å². The van der Waals surface area contributed by atoms with Crippen LogP contribution in [0.15, 0.2) is 53.9 Å². The minimum atomic E-state index is -0.835. The van der Waals surface area contributed by atoms with E-state index in [-0.39, 0.29) is 32.3 Å². The number of nitro groups is 2. The number of hydrogen-bond acceptors (Lipinski definition) is 9. The second kappa shape index (κ2) is 8.08. The van der Waals surface area contributed by atoms with E-state index in [9.17, 15) is 29.8 Å². The lowest BCUT2D eigenvalue weighted by molar-refractivity contribution is -0.385. The third-order valence-corrected chi connectivity index (χ3v) is 4.88. The van der Waals surface area contributed by atoms with Crippen LogP contribution in [0.25, 0.3) is 0 Å². The van der Waals surface area contributed by atoms with E-state index >= 15 is 0 Å². The minimum absolute atomic E-state index is 0.0436. The monoisotopic (exact) mass is 431 g/mol. The summed E-state index contributed by atoms with van der Waals surface area (Å²) < 4.78 is 6.33. The van der Waals surface area contributed by atoms with Crippen molar-refractivity contribution in [2.45, 2.75) is 0 Å². The smallest absolute Gasteiger partial charge is 0.344 e. The zero-order valence-electron chi connectivity index (χ0n) is 14.2. The molecule has 0 radical (unpaired) electrons. The second-order valence-electron chi connectivity index (χ2n) is 5.48. The number of aromatic nitrogens is 1. The van der Waals surface area contributed by atoms with Crippen LogP contribution < -0.4 is 4.74 Å². The molecule has 1 aromatic heterocycles. The molecule has 0 unspecified atom stereocenters. The Morgan fingerprint density at radius 2 is 1.38 bits per heavy atom. The Hall–Kier alpha value is -3.77. The number of benzene rings is 2. The van der Waals surface area contributed by atoms with Gasteiger partial charge < -0.3 is 4.74 Å². The Bertz CT molecular complexity index is 1180. The van der Waals surface area contributed by atoms with Crippen molar-refractivity contribution in [1.82, 2.24) is 4.57 Å². The van der Waals surface area contributed by atoms with E-state index in [1.54, 1.807) is 0 Å². The highest BCUT2D eigenvalue weighted by atomic mass is 32.1. The summed E-state index contributed by atoms with van der Waals surface area (Å²) in [7, 11) is 0. The molecule has 0 aliphatic heterocycles. The third-order valence-electron chi connectivity index (χ3n) is 3.70. The van der Waals surface area contributed by atoms with E-state index in [0.717, 1.165) is 28.0 Å². The Morgan fingerprint density at radius 1 is 0.897 bits per heavy atom. The van der Waals surface area contributed by atoms with E-state index in [1.165, 1.54) is 41.8 Å². The maximum atomic E-state index is 12.7. The minimum Gasteiger partial charge on any atom is -0.404 e. The van der Waals surface area contributed by atoms with E-state index < -0.39 is 21.7 Å². The molecule has 0 N–H and O–H groups in total. The summed E-state index contributed by atoms with van der Waals surface area (Å²) in [6.45, 7) is 0. The summed E-state index contributed by atoms with van der Waals surface area (Å²) in [4.78, 5) is 45.3. The number of hydrogen-bond donors (Lipinski definition) is 0. The number of carbonyl (C=O) groups is 2. The molecule has 2 aromatic carbocycles. The lowest BCUT2D eigenvalue weighted by Gasteiger charge is -2.08. The Labute approximate surface area is 170 Å². The number of rotatable bonds is 5. The van der Waals surface area contributed by atoms with Crippen molar-refractivity contribution in [3.05, 3.63) is 89.2 Å². The molecular formula is C17H9N3O7S2. The molecule has 10 nitrogen and oxygen atoms in total. The van der Waals surface area contributed by atoms with Gasteiger partial charge in [-0.05, 0) is 36.5 Å². The van der Waals surface area contributed by atoms with Gasteiger partial charge in [-0.2, -0.15) is 0 Å². The van der Waals surface area contributed by atoms with Crippen molar-refractivity contribution in [2.24, 2.45) is 0 Å². The van der Waals surface area contributed by atoms with Gasteiger partial charge in [0, 0.05) is 29.8 Å². The van der Waals surface area contributed by atoms with Gasteiger partial charge in [-0.25, -0.2) is 9.36 Å². The molecule has 3 rings (SSSR count). The van der Waals surface area contributed by atoms with Gasteiger partial charge in [-0.3, -0.25) is 25.0 Å². The van der Waals surface area contributed by atoms with Crippen molar-refractivity contribution >= 4 is 46.8 Å². The number of carbonyl (C=O) groups excluding carboxylic acids is 2. The summed E-state index contributed by atoms with van der Waals surface area (Å²) in [5, 5.41) is 22.8. The first-order valence-corrected chi connectivity index (χ1v) is 9.03. The largest absolute Gasteiger partial charge is 0.404 e. The summed E-state index contributed by atoms with van der Waals surface area (Å²) in [5.74, 6) is -1.60. The van der Waals surface area contributed by atoms with E-state index in [4.69, 9.17) is 17.0 Å². The fourth-order valence-electron chi connectivity index (χ4n) is 2.28. The third kappa shape index (κ3) is 4.23. The molecule has 0 aliphatic carbocycles. The van der Waals surface area contributed by atoms with E-state index in [0.29, 0.717) is 0 Å². The maximum Gasteiger partial charge on any atom is 0.344 e. The van der Waals surface area contributed by atoms with E-state index in [1.807, 2.05) is 0 Å². The van der Waals surface area contributed by atoms with Crippen molar-refractivity contribution in [3.63, 3.8) is 0 Å². The lowest BCUT2D eigenvalue weighted by Crippen LogP contribution is -2.17. The first-order chi connectivity index (χ1) is 13.8. The molecule has 0 bridgehead atoms. The van der Waals surface area contributed by atoms with Crippen LogP contribution in [0.4, 0.5) is 11.4 Å². The molecule has 0 fully saturated rings. The van der Waals surface area contributed by atoms with Gasteiger partial charge in [0.05, 0.1) is 20.8 Å². The highest BCUT2D eigenvalue weighted by Crippen LogP contribution is 2.23. The molecule has 3 aromatic rings. The zero-order valence-corrected chi connectivity index (χ0v) is 15.8. The number of nitro benzene ring substituents is 2. The van der Waals surface area contributed by atoms with Crippen molar-refractivity contribution in [3.8, 4) is 5.88 Å². The van der Waals surface area contributed by atoms with Gasteiger partial charge in [0.25, 0.3) is 17.3 Å². The summed E-state index contributed by atoms with van der Waals surface area (Å²) in [6.07, 6.45) is 0. The summed E-state index contributed by atoms with van der Waals surface area (Å²) in [6, 6.07) is 9.63. The predicted octanol–water partition coefficient (Wildman–Crippen LogP) is 4.00. The standard InChI is InChI=1S/C17H9N3O7S2/c21-15(10-1-5-12(6-2-10)19(23)24)18-14(9-29-17(18)28)27-16(22)11-3-7-13(8-4-11)20(25)26/h1-9H. The molecule has 0 spiro atoms. The molecule has 29 heavy (non-hydrogen) atoms.